The largest absolute Gasteiger partial charge is 0.394 e. The number of aliphatic hydroxyl groups is 7. The molecule has 1 aliphatic carbocycles. The average molecular weight is 657 g/mol. The molecule has 4 fully saturated rings. The molecule has 19 atom stereocenters. The molecule has 0 aromatic heterocycles. The van der Waals surface area contributed by atoms with E-state index in [0.717, 1.165) is 0 Å². The molecule has 0 spiro atoms. The fourth-order valence-electron chi connectivity index (χ4n) is 5.96. The van der Waals surface area contributed by atoms with Crippen LogP contribution in [0.1, 0.15) is 13.3 Å². The van der Waals surface area contributed by atoms with Crippen molar-refractivity contribution in [1.29, 1.82) is 0 Å². The number of hydrogen-bond donors (Lipinski definition) is 13. The van der Waals surface area contributed by atoms with E-state index in [2.05, 4.69) is 5.32 Å². The van der Waals surface area contributed by atoms with Gasteiger partial charge >= 0.3 is 0 Å². The molecule has 0 aromatic carbocycles. The maximum absolute atomic E-state index is 11.7. The van der Waals surface area contributed by atoms with Crippen molar-refractivity contribution < 1.29 is 69.0 Å². The molecule has 262 valence electrons. The maximum Gasteiger partial charge on any atom is 0.216 e. The van der Waals surface area contributed by atoms with Crippen LogP contribution in [-0.2, 0) is 33.2 Å². The molecule has 20 heteroatoms. The monoisotopic (exact) mass is 656 g/mol. The molecule has 45 heavy (non-hydrogen) atoms. The van der Waals surface area contributed by atoms with Crippen molar-refractivity contribution in [1.82, 2.24) is 5.32 Å². The van der Waals surface area contributed by atoms with E-state index in [-0.39, 0.29) is 19.5 Å². The smallest absolute Gasteiger partial charge is 0.216 e. The van der Waals surface area contributed by atoms with Crippen LogP contribution in [0.5, 0.6) is 0 Å². The van der Waals surface area contributed by atoms with Crippen LogP contribution in [0.4, 0.5) is 0 Å². The van der Waals surface area contributed by atoms with Crippen LogP contribution in [0, 0.1) is 0 Å². The summed E-state index contributed by atoms with van der Waals surface area (Å²) in [5, 5.41) is 75.6. The van der Waals surface area contributed by atoms with Crippen LogP contribution in [-0.4, -0.2) is 178 Å². The summed E-state index contributed by atoms with van der Waals surface area (Å²) in [5.41, 5.74) is 30.2. The summed E-state index contributed by atoms with van der Waals surface area (Å²) in [6.45, 7) is 0.243. The van der Waals surface area contributed by atoms with E-state index in [1.807, 2.05) is 0 Å². The van der Waals surface area contributed by atoms with Crippen molar-refractivity contribution in [3.8, 4) is 0 Å². The van der Waals surface area contributed by atoms with Gasteiger partial charge in [0.15, 0.2) is 18.9 Å². The Morgan fingerprint density at radius 3 is 1.76 bits per heavy atom. The van der Waals surface area contributed by atoms with Gasteiger partial charge in [-0.1, -0.05) is 0 Å². The van der Waals surface area contributed by atoms with Crippen molar-refractivity contribution in [2.75, 3.05) is 19.7 Å². The van der Waals surface area contributed by atoms with Crippen molar-refractivity contribution in [2.45, 2.75) is 130 Å². The SMILES string of the molecule is CC(=O)NC[C@H]1O[C@@H](O[C@@H]2C(O)[C@H](N)CC(N)[C@H]2O[C@H]2OC(CO)[C@@H](O)[C@H](O)C2N)C(O)[C@H]1O[C@H]1O[C@@H](CN)[C@@H](O)C(O)C1N. The van der Waals surface area contributed by atoms with Crippen LogP contribution >= 0.6 is 0 Å². The van der Waals surface area contributed by atoms with E-state index in [9.17, 15) is 40.5 Å². The Morgan fingerprint density at radius 1 is 0.689 bits per heavy atom. The van der Waals surface area contributed by atoms with E-state index < -0.39 is 129 Å². The Bertz CT molecular complexity index is 973. The summed E-state index contributed by atoms with van der Waals surface area (Å²) in [7, 11) is 0. The lowest BCUT2D eigenvalue weighted by molar-refractivity contribution is -0.310. The second-order valence-electron chi connectivity index (χ2n) is 11.9. The van der Waals surface area contributed by atoms with Gasteiger partial charge < -0.3 is 98.2 Å². The lowest BCUT2D eigenvalue weighted by atomic mass is 9.84. The predicted octanol–water partition coefficient (Wildman–Crippen LogP) is -8.72. The summed E-state index contributed by atoms with van der Waals surface area (Å²) < 4.78 is 35.0. The number of amides is 1. The van der Waals surface area contributed by atoms with E-state index in [1.54, 1.807) is 0 Å². The maximum atomic E-state index is 11.7. The number of carbonyl (C=O) groups excluding carboxylic acids is 1. The first kappa shape index (κ1) is 36.6. The Kier molecular flexibility index (Phi) is 12.5. The Labute approximate surface area is 258 Å². The zero-order valence-corrected chi connectivity index (χ0v) is 24.7. The summed E-state index contributed by atoms with van der Waals surface area (Å²) in [6.07, 6.45) is -20.5. The quantitative estimate of drug-likeness (QED) is 0.104. The fourth-order valence-corrected chi connectivity index (χ4v) is 5.96. The second kappa shape index (κ2) is 15.3. The second-order valence-corrected chi connectivity index (χ2v) is 11.9. The van der Waals surface area contributed by atoms with E-state index in [0.29, 0.717) is 0 Å². The van der Waals surface area contributed by atoms with Crippen LogP contribution < -0.4 is 34.0 Å². The molecule has 3 saturated heterocycles. The van der Waals surface area contributed by atoms with Crippen molar-refractivity contribution >= 4 is 5.91 Å². The predicted molar refractivity (Wildman–Crippen MR) is 148 cm³/mol. The third-order valence-electron chi connectivity index (χ3n) is 8.69. The van der Waals surface area contributed by atoms with Gasteiger partial charge in [0.2, 0.25) is 5.91 Å². The Hall–Kier alpha value is -1.25. The zero-order chi connectivity index (χ0) is 33.3. The van der Waals surface area contributed by atoms with Crippen LogP contribution in [0.2, 0.25) is 0 Å². The van der Waals surface area contributed by atoms with E-state index in [1.165, 1.54) is 6.92 Å². The van der Waals surface area contributed by atoms with Crippen LogP contribution in [0.3, 0.4) is 0 Å². The number of carbonyl (C=O) groups is 1. The highest BCUT2D eigenvalue weighted by Crippen LogP contribution is 2.34. The highest BCUT2D eigenvalue weighted by molar-refractivity contribution is 5.72. The summed E-state index contributed by atoms with van der Waals surface area (Å²) >= 11 is 0. The first-order valence-corrected chi connectivity index (χ1v) is 14.8. The molecule has 4 rings (SSSR count). The summed E-state index contributed by atoms with van der Waals surface area (Å²) in [4.78, 5) is 11.7. The number of nitrogens with one attached hydrogen (secondary N) is 1. The summed E-state index contributed by atoms with van der Waals surface area (Å²) in [6, 6.07) is -4.35. The number of ether oxygens (including phenoxy) is 6. The first-order chi connectivity index (χ1) is 21.2. The van der Waals surface area contributed by atoms with Gasteiger partial charge in [-0.25, -0.2) is 0 Å². The molecule has 0 aromatic rings. The minimum absolute atomic E-state index is 0.0562. The normalized spacial score (nSPS) is 50.8. The van der Waals surface area contributed by atoms with Gasteiger partial charge in [-0.15, -0.1) is 0 Å². The highest BCUT2D eigenvalue weighted by Gasteiger charge is 2.54. The molecule has 0 bridgehead atoms. The number of nitrogens with two attached hydrogens (primary N) is 5. The van der Waals surface area contributed by atoms with Gasteiger partial charge in [0.1, 0.15) is 67.1 Å². The third kappa shape index (κ3) is 7.74. The molecule has 3 heterocycles. The average Bonchev–Trinajstić information content (AvgIpc) is 3.29. The standard InChI is InChI=1S/C25H48N6O14/c1-6(33)31-4-10-21(44-23-12(29)17(37)15(35)9(3-26)40-23)19(39)25(41-10)45-22-14(34)7(27)2-8(28)20(22)43-24-13(30)18(38)16(36)11(5-32)42-24/h7-25,32,34-39H,2-5,26-30H2,1H3,(H,31,33)/t7-,8?,9+,10-,11?,12?,13?,14?,15-,16-,17?,18-,19?,20-,21+,22-,23-,24-,25+/m1/s1. The molecular weight excluding hydrogens is 608 g/mol. The minimum Gasteiger partial charge on any atom is -0.394 e. The molecule has 3 aliphatic heterocycles. The molecule has 1 amide bonds. The van der Waals surface area contributed by atoms with E-state index in [4.69, 9.17) is 57.1 Å². The Balaban J connectivity index is 1.54. The van der Waals surface area contributed by atoms with Gasteiger partial charge in [-0.2, -0.15) is 0 Å². The zero-order valence-electron chi connectivity index (χ0n) is 24.7. The van der Waals surface area contributed by atoms with Crippen molar-refractivity contribution in [3.63, 3.8) is 0 Å². The molecule has 4 aliphatic rings. The molecule has 7 unspecified atom stereocenters. The molecular formula is C25H48N6O14. The third-order valence-corrected chi connectivity index (χ3v) is 8.69. The van der Waals surface area contributed by atoms with Gasteiger partial charge in [0, 0.05) is 32.1 Å². The Morgan fingerprint density at radius 2 is 1.20 bits per heavy atom. The lowest BCUT2D eigenvalue weighted by Gasteiger charge is -2.47. The topological polar surface area (TPSA) is 356 Å². The number of aliphatic hydroxyl groups excluding tert-OH is 7. The molecule has 20 nitrogen and oxygen atoms in total. The molecule has 1 saturated carbocycles. The number of rotatable bonds is 10. The van der Waals surface area contributed by atoms with Gasteiger partial charge in [0.25, 0.3) is 0 Å². The molecule has 0 radical (unpaired) electrons. The van der Waals surface area contributed by atoms with Crippen LogP contribution in [0.15, 0.2) is 0 Å². The first-order valence-electron chi connectivity index (χ1n) is 14.8. The van der Waals surface area contributed by atoms with E-state index >= 15 is 0 Å². The van der Waals surface area contributed by atoms with Crippen LogP contribution in [0.25, 0.3) is 0 Å². The highest BCUT2D eigenvalue weighted by atomic mass is 16.8. The van der Waals surface area contributed by atoms with Gasteiger partial charge in [-0.05, 0) is 6.42 Å². The van der Waals surface area contributed by atoms with Gasteiger partial charge in [0.05, 0.1) is 24.8 Å². The van der Waals surface area contributed by atoms with Crippen molar-refractivity contribution in [3.05, 3.63) is 0 Å². The van der Waals surface area contributed by atoms with Gasteiger partial charge in [-0.3, -0.25) is 4.79 Å². The minimum atomic E-state index is -1.62. The summed E-state index contributed by atoms with van der Waals surface area (Å²) in [5.74, 6) is -0.422. The molecule has 18 N–H and O–H groups in total. The number of hydrogen-bond acceptors (Lipinski definition) is 19. The van der Waals surface area contributed by atoms with Crippen molar-refractivity contribution in [2.24, 2.45) is 28.7 Å². The fraction of sp³-hybridized carbons (Fsp3) is 0.960. The lowest BCUT2D eigenvalue weighted by Crippen LogP contribution is -2.68.